The van der Waals surface area contributed by atoms with E-state index in [1.807, 2.05) is 36.4 Å². The molecule has 0 bridgehead atoms. The van der Waals surface area contributed by atoms with Gasteiger partial charge in [0.2, 0.25) is 5.78 Å². The lowest BCUT2D eigenvalue weighted by Gasteiger charge is -2.19. The lowest BCUT2D eigenvalue weighted by molar-refractivity contribution is 0.0504. The van der Waals surface area contributed by atoms with E-state index >= 15 is 0 Å². The average molecular weight is 381 g/mol. The molecular formula is C22H23NO5. The number of ether oxygens (including phenoxy) is 4. The van der Waals surface area contributed by atoms with Crippen molar-refractivity contribution in [2.45, 2.75) is 12.8 Å². The molecule has 0 spiro atoms. The fourth-order valence-electron chi connectivity index (χ4n) is 3.51. The molecule has 146 valence electrons. The van der Waals surface area contributed by atoms with Crippen LogP contribution in [0.4, 0.5) is 5.69 Å². The maximum absolute atomic E-state index is 13.0. The Morgan fingerprint density at radius 1 is 1.11 bits per heavy atom. The Kier molecular flexibility index (Phi) is 5.21. The SMILES string of the molecule is COCOc1cc(N2CCCC2)cc2c1C(=O)/C(=C/c1ccc(OC)cc1)O2. The summed E-state index contributed by atoms with van der Waals surface area (Å²) in [7, 11) is 3.17. The number of carbonyl (C=O) groups excluding carboxylic acids is 1. The Morgan fingerprint density at radius 2 is 1.86 bits per heavy atom. The Morgan fingerprint density at radius 3 is 2.54 bits per heavy atom. The van der Waals surface area contributed by atoms with E-state index in [4.69, 9.17) is 18.9 Å². The predicted molar refractivity (Wildman–Crippen MR) is 106 cm³/mol. The summed E-state index contributed by atoms with van der Waals surface area (Å²) in [5, 5.41) is 0. The minimum absolute atomic E-state index is 0.0701. The zero-order valence-corrected chi connectivity index (χ0v) is 16.1. The molecule has 0 aromatic heterocycles. The summed E-state index contributed by atoms with van der Waals surface area (Å²) in [6, 6.07) is 11.3. The van der Waals surface area contributed by atoms with Gasteiger partial charge in [0.25, 0.3) is 0 Å². The molecule has 0 saturated carbocycles. The molecular weight excluding hydrogens is 358 g/mol. The fourth-order valence-corrected chi connectivity index (χ4v) is 3.51. The smallest absolute Gasteiger partial charge is 0.235 e. The molecule has 2 aliphatic heterocycles. The highest BCUT2D eigenvalue weighted by atomic mass is 16.7. The molecule has 0 aliphatic carbocycles. The predicted octanol–water partition coefficient (Wildman–Crippen LogP) is 3.89. The molecule has 0 N–H and O–H groups in total. The molecule has 2 aromatic rings. The number of Topliss-reactive ketones (excluding diaryl/α,β-unsaturated/α-hetero) is 1. The molecule has 0 radical (unpaired) electrons. The lowest BCUT2D eigenvalue weighted by Crippen LogP contribution is -2.17. The Bertz CT molecular complexity index is 898. The first-order chi connectivity index (χ1) is 13.7. The van der Waals surface area contributed by atoms with Gasteiger partial charge in [0.05, 0.1) is 7.11 Å². The maximum Gasteiger partial charge on any atom is 0.235 e. The second kappa shape index (κ2) is 7.94. The zero-order chi connectivity index (χ0) is 19.5. The average Bonchev–Trinajstić information content (AvgIpc) is 3.36. The van der Waals surface area contributed by atoms with Crippen LogP contribution in [0.3, 0.4) is 0 Å². The van der Waals surface area contributed by atoms with Gasteiger partial charge in [-0.15, -0.1) is 0 Å². The Hall–Kier alpha value is -2.99. The van der Waals surface area contributed by atoms with E-state index in [9.17, 15) is 4.79 Å². The van der Waals surface area contributed by atoms with Crippen molar-refractivity contribution in [2.24, 2.45) is 0 Å². The molecule has 4 rings (SSSR count). The van der Waals surface area contributed by atoms with Gasteiger partial charge in [-0.2, -0.15) is 0 Å². The van der Waals surface area contributed by atoms with Crippen molar-refractivity contribution in [3.63, 3.8) is 0 Å². The van der Waals surface area contributed by atoms with Crippen LogP contribution in [-0.4, -0.2) is 39.9 Å². The van der Waals surface area contributed by atoms with Crippen LogP contribution in [0.2, 0.25) is 0 Å². The summed E-state index contributed by atoms with van der Waals surface area (Å²) < 4.78 is 21.8. The van der Waals surface area contributed by atoms with Crippen LogP contribution in [0.25, 0.3) is 6.08 Å². The highest BCUT2D eigenvalue weighted by Crippen LogP contribution is 2.42. The molecule has 28 heavy (non-hydrogen) atoms. The second-order valence-electron chi connectivity index (χ2n) is 6.77. The topological polar surface area (TPSA) is 57.2 Å². The van der Waals surface area contributed by atoms with Gasteiger partial charge < -0.3 is 23.8 Å². The summed E-state index contributed by atoms with van der Waals surface area (Å²) in [5.74, 6) is 1.87. The van der Waals surface area contributed by atoms with Crippen molar-refractivity contribution in [3.05, 3.63) is 53.3 Å². The van der Waals surface area contributed by atoms with E-state index in [-0.39, 0.29) is 18.3 Å². The van der Waals surface area contributed by atoms with E-state index in [0.29, 0.717) is 17.1 Å². The van der Waals surface area contributed by atoms with Crippen LogP contribution in [0, 0.1) is 0 Å². The molecule has 2 heterocycles. The third-order valence-electron chi connectivity index (χ3n) is 4.94. The van der Waals surface area contributed by atoms with Crippen molar-refractivity contribution in [3.8, 4) is 17.2 Å². The first-order valence-electron chi connectivity index (χ1n) is 9.32. The molecule has 1 fully saturated rings. The van der Waals surface area contributed by atoms with Crippen LogP contribution < -0.4 is 19.1 Å². The number of methoxy groups -OCH3 is 2. The summed E-state index contributed by atoms with van der Waals surface area (Å²) in [4.78, 5) is 15.3. The van der Waals surface area contributed by atoms with E-state index < -0.39 is 0 Å². The van der Waals surface area contributed by atoms with Crippen LogP contribution >= 0.6 is 0 Å². The Balaban J connectivity index is 1.68. The molecule has 6 heteroatoms. The second-order valence-corrected chi connectivity index (χ2v) is 6.77. The first-order valence-corrected chi connectivity index (χ1v) is 9.32. The van der Waals surface area contributed by atoms with Crippen LogP contribution in [0.15, 0.2) is 42.2 Å². The molecule has 0 atom stereocenters. The Labute approximate surface area is 164 Å². The molecule has 0 amide bonds. The highest BCUT2D eigenvalue weighted by molar-refractivity contribution is 6.16. The molecule has 6 nitrogen and oxygen atoms in total. The minimum atomic E-state index is -0.190. The number of hydrogen-bond acceptors (Lipinski definition) is 6. The molecule has 2 aromatic carbocycles. The van der Waals surface area contributed by atoms with Crippen molar-refractivity contribution < 1.29 is 23.7 Å². The number of benzene rings is 2. The summed E-state index contributed by atoms with van der Waals surface area (Å²) >= 11 is 0. The summed E-state index contributed by atoms with van der Waals surface area (Å²) in [6.45, 7) is 2.05. The van der Waals surface area contributed by atoms with Crippen molar-refractivity contribution in [1.29, 1.82) is 0 Å². The zero-order valence-electron chi connectivity index (χ0n) is 16.1. The molecule has 0 unspecified atom stereocenters. The fraction of sp³-hybridized carbons (Fsp3) is 0.318. The van der Waals surface area contributed by atoms with Gasteiger partial charge in [-0.3, -0.25) is 4.79 Å². The number of carbonyl (C=O) groups is 1. The number of anilines is 1. The van der Waals surface area contributed by atoms with Crippen molar-refractivity contribution >= 4 is 17.5 Å². The quantitative estimate of drug-likeness (QED) is 0.559. The number of allylic oxidation sites excluding steroid dienone is 1. The molecule has 1 saturated heterocycles. The van der Waals surface area contributed by atoms with Gasteiger partial charge in [0, 0.05) is 38.0 Å². The minimum Gasteiger partial charge on any atom is -0.497 e. The monoisotopic (exact) mass is 381 g/mol. The number of nitrogens with zero attached hydrogens (tertiary/aromatic N) is 1. The van der Waals surface area contributed by atoms with Gasteiger partial charge in [-0.25, -0.2) is 0 Å². The van der Waals surface area contributed by atoms with E-state index in [0.717, 1.165) is 42.9 Å². The maximum atomic E-state index is 13.0. The normalized spacial score (nSPS) is 17.0. The third kappa shape index (κ3) is 3.55. The van der Waals surface area contributed by atoms with Crippen LogP contribution in [-0.2, 0) is 4.74 Å². The standard InChI is InChI=1S/C22H23NO5/c1-25-14-27-18-12-16(23-9-3-4-10-23)13-19-21(18)22(24)20(28-19)11-15-5-7-17(26-2)8-6-15/h5-8,11-13H,3-4,9-10,14H2,1-2H3/b20-11-. The van der Waals surface area contributed by atoms with Gasteiger partial charge in [0.1, 0.15) is 22.8 Å². The summed E-state index contributed by atoms with van der Waals surface area (Å²) in [6.07, 6.45) is 4.05. The van der Waals surface area contributed by atoms with Crippen molar-refractivity contribution in [1.82, 2.24) is 0 Å². The lowest BCUT2D eigenvalue weighted by atomic mass is 10.1. The van der Waals surface area contributed by atoms with Gasteiger partial charge >= 0.3 is 0 Å². The third-order valence-corrected chi connectivity index (χ3v) is 4.94. The van der Waals surface area contributed by atoms with Gasteiger partial charge in [-0.05, 0) is 36.6 Å². The van der Waals surface area contributed by atoms with E-state index in [1.54, 1.807) is 20.3 Å². The van der Waals surface area contributed by atoms with Crippen LogP contribution in [0.5, 0.6) is 17.2 Å². The van der Waals surface area contributed by atoms with Crippen LogP contribution in [0.1, 0.15) is 28.8 Å². The number of hydrogen-bond donors (Lipinski definition) is 0. The van der Waals surface area contributed by atoms with E-state index in [2.05, 4.69) is 4.90 Å². The summed E-state index contributed by atoms with van der Waals surface area (Å²) in [5.41, 5.74) is 2.30. The molecule has 2 aliphatic rings. The van der Waals surface area contributed by atoms with Gasteiger partial charge in [-0.1, -0.05) is 12.1 Å². The number of rotatable bonds is 6. The largest absolute Gasteiger partial charge is 0.497 e. The van der Waals surface area contributed by atoms with Gasteiger partial charge in [0.15, 0.2) is 12.6 Å². The first kappa shape index (κ1) is 18.4. The van der Waals surface area contributed by atoms with E-state index in [1.165, 1.54) is 0 Å². The highest BCUT2D eigenvalue weighted by Gasteiger charge is 2.33. The number of ketones is 1. The number of fused-ring (bicyclic) bond motifs is 1. The van der Waals surface area contributed by atoms with Crippen molar-refractivity contribution in [2.75, 3.05) is 39.0 Å².